The van der Waals surface area contributed by atoms with Crippen molar-refractivity contribution >= 4 is 52.3 Å². The van der Waals surface area contributed by atoms with Crippen molar-refractivity contribution in [2.24, 2.45) is 4.99 Å². The van der Waals surface area contributed by atoms with Crippen LogP contribution in [0.15, 0.2) is 76.4 Å². The lowest BCUT2D eigenvalue weighted by Crippen LogP contribution is -2.44. The Hall–Kier alpha value is -3.89. The summed E-state index contributed by atoms with van der Waals surface area (Å²) in [6.45, 7) is 3.92. The molecule has 0 aliphatic carbocycles. The minimum atomic E-state index is -0.194. The number of piperidine rings is 1. The molecule has 11 heteroatoms. The summed E-state index contributed by atoms with van der Waals surface area (Å²) in [6, 6.07) is 14.7. The van der Waals surface area contributed by atoms with E-state index >= 15 is 0 Å². The lowest BCUT2D eigenvalue weighted by atomic mass is 10.0. The molecule has 0 spiro atoms. The molecule has 0 atom stereocenters. The summed E-state index contributed by atoms with van der Waals surface area (Å²) in [5, 5.41) is 5.94. The van der Waals surface area contributed by atoms with Gasteiger partial charge in [0.25, 0.3) is 11.5 Å². The smallest absolute Gasteiger partial charge is 0.261 e. The number of pyridine rings is 1. The van der Waals surface area contributed by atoms with Gasteiger partial charge in [0.15, 0.2) is 0 Å². The number of rotatable bonds is 7. The zero-order chi connectivity index (χ0) is 27.4. The first kappa shape index (κ1) is 26.7. The molecule has 4 heterocycles. The van der Waals surface area contributed by atoms with Crippen molar-refractivity contribution in [3.05, 3.63) is 86.2 Å². The van der Waals surface area contributed by atoms with Crippen LogP contribution in [0.1, 0.15) is 29.4 Å². The van der Waals surface area contributed by atoms with Crippen molar-refractivity contribution in [2.75, 3.05) is 36.0 Å². The number of carbonyl (C=O) groups excluding carboxylic acids is 2. The number of aliphatic imine (C=N–C) groups is 1. The number of aromatic nitrogens is 1. The molecule has 1 aromatic carbocycles. The number of nitrogens with one attached hydrogen (secondary N) is 2. The van der Waals surface area contributed by atoms with Gasteiger partial charge in [0.05, 0.1) is 45.1 Å². The van der Waals surface area contributed by atoms with Crippen LogP contribution in [0.5, 0.6) is 0 Å². The number of hydrogen-bond acceptors (Lipinski definition) is 7. The number of benzene rings is 1. The SMILES string of the molecule is CC(=O)NC1CCN(c2cc(-n3ccccc3=O)ccc2N2C=C(CNC(=O)c3ccc(Cl)s3)N=CC2)CC1. The molecule has 1 saturated heterocycles. The van der Waals surface area contributed by atoms with E-state index in [0.29, 0.717) is 15.8 Å². The van der Waals surface area contributed by atoms with E-state index in [9.17, 15) is 14.4 Å². The number of thiophene rings is 1. The van der Waals surface area contributed by atoms with Crippen molar-refractivity contribution in [2.45, 2.75) is 25.8 Å². The summed E-state index contributed by atoms with van der Waals surface area (Å²) in [5.41, 5.74) is 3.36. The Morgan fingerprint density at radius 2 is 1.92 bits per heavy atom. The van der Waals surface area contributed by atoms with Crippen LogP contribution in [0.2, 0.25) is 4.34 Å². The second-order valence-electron chi connectivity index (χ2n) is 9.41. The Morgan fingerprint density at radius 3 is 2.64 bits per heavy atom. The van der Waals surface area contributed by atoms with Crippen LogP contribution < -0.4 is 26.0 Å². The van der Waals surface area contributed by atoms with Gasteiger partial charge in [-0.3, -0.25) is 23.9 Å². The third kappa shape index (κ3) is 6.40. The molecule has 39 heavy (non-hydrogen) atoms. The molecule has 2 aromatic heterocycles. The van der Waals surface area contributed by atoms with Crippen molar-refractivity contribution in [1.82, 2.24) is 15.2 Å². The third-order valence-electron chi connectivity index (χ3n) is 6.68. The Morgan fingerprint density at radius 1 is 1.10 bits per heavy atom. The van der Waals surface area contributed by atoms with Crippen LogP contribution in [0.4, 0.5) is 11.4 Å². The normalized spacial score (nSPS) is 15.7. The van der Waals surface area contributed by atoms with Crippen molar-refractivity contribution in [1.29, 1.82) is 0 Å². The van der Waals surface area contributed by atoms with Crippen LogP contribution in [0, 0.1) is 0 Å². The first-order valence-corrected chi connectivity index (χ1v) is 13.9. The maximum absolute atomic E-state index is 12.5. The highest BCUT2D eigenvalue weighted by molar-refractivity contribution is 7.18. The monoisotopic (exact) mass is 564 g/mol. The molecule has 9 nitrogen and oxygen atoms in total. The number of carbonyl (C=O) groups is 2. The average Bonchev–Trinajstić information content (AvgIpc) is 3.38. The van der Waals surface area contributed by atoms with Crippen molar-refractivity contribution in [3.63, 3.8) is 0 Å². The van der Waals surface area contributed by atoms with E-state index in [4.69, 9.17) is 11.6 Å². The zero-order valence-corrected chi connectivity index (χ0v) is 23.0. The molecule has 3 aromatic rings. The Kier molecular flexibility index (Phi) is 8.13. The average molecular weight is 565 g/mol. The molecule has 1 fully saturated rings. The molecule has 2 N–H and O–H groups in total. The molecule has 2 amide bonds. The molecule has 0 saturated carbocycles. The van der Waals surface area contributed by atoms with E-state index in [1.807, 2.05) is 36.7 Å². The van der Waals surface area contributed by atoms with Gasteiger partial charge in [0.1, 0.15) is 0 Å². The van der Waals surface area contributed by atoms with Gasteiger partial charge in [-0.15, -0.1) is 11.3 Å². The van der Waals surface area contributed by atoms with Gasteiger partial charge in [-0.2, -0.15) is 0 Å². The molecular formula is C28H29ClN6O3S. The largest absolute Gasteiger partial charge is 0.370 e. The van der Waals surface area contributed by atoms with Crippen LogP contribution in [0.25, 0.3) is 5.69 Å². The summed E-state index contributed by atoms with van der Waals surface area (Å²) < 4.78 is 2.19. The molecular weight excluding hydrogens is 536 g/mol. The van der Waals surface area contributed by atoms with Gasteiger partial charge in [-0.1, -0.05) is 17.7 Å². The highest BCUT2D eigenvalue weighted by atomic mass is 35.5. The van der Waals surface area contributed by atoms with Gasteiger partial charge < -0.3 is 20.4 Å². The first-order valence-electron chi connectivity index (χ1n) is 12.7. The molecule has 0 bridgehead atoms. The first-order chi connectivity index (χ1) is 18.9. The molecule has 2 aliphatic heterocycles. The summed E-state index contributed by atoms with van der Waals surface area (Å²) in [4.78, 5) is 46.0. The number of hydrogen-bond donors (Lipinski definition) is 2. The van der Waals surface area contributed by atoms with E-state index in [1.165, 1.54) is 11.3 Å². The van der Waals surface area contributed by atoms with Crippen molar-refractivity contribution in [3.8, 4) is 5.69 Å². The summed E-state index contributed by atoms with van der Waals surface area (Å²) >= 11 is 7.20. The quantitative estimate of drug-likeness (QED) is 0.454. The van der Waals surface area contributed by atoms with E-state index in [-0.39, 0.29) is 30.0 Å². The molecule has 0 radical (unpaired) electrons. The Labute approximate surface area is 235 Å². The maximum Gasteiger partial charge on any atom is 0.261 e. The van der Waals surface area contributed by atoms with Gasteiger partial charge in [-0.05, 0) is 49.2 Å². The zero-order valence-electron chi connectivity index (χ0n) is 21.5. The van der Waals surface area contributed by atoms with Crippen molar-refractivity contribution < 1.29 is 9.59 Å². The number of amides is 2. The Balaban J connectivity index is 1.40. The highest BCUT2D eigenvalue weighted by Gasteiger charge is 2.24. The van der Waals surface area contributed by atoms with E-state index in [1.54, 1.807) is 42.0 Å². The van der Waals surface area contributed by atoms with E-state index in [0.717, 1.165) is 48.7 Å². The minimum Gasteiger partial charge on any atom is -0.370 e. The van der Waals surface area contributed by atoms with Crippen LogP contribution in [-0.4, -0.2) is 54.8 Å². The van der Waals surface area contributed by atoms with Crippen LogP contribution in [0.3, 0.4) is 0 Å². The number of halogens is 1. The predicted molar refractivity (Wildman–Crippen MR) is 157 cm³/mol. The maximum atomic E-state index is 12.5. The number of nitrogens with zero attached hydrogens (tertiary/aromatic N) is 4. The van der Waals surface area contributed by atoms with Crippen LogP contribution >= 0.6 is 22.9 Å². The fourth-order valence-corrected chi connectivity index (χ4v) is 5.78. The third-order valence-corrected chi connectivity index (χ3v) is 7.91. The topological polar surface area (TPSA) is 99.0 Å². The molecule has 0 unspecified atom stereocenters. The van der Waals surface area contributed by atoms with E-state index < -0.39 is 0 Å². The summed E-state index contributed by atoms with van der Waals surface area (Å²) in [7, 11) is 0. The molecule has 5 rings (SSSR count). The second kappa shape index (κ2) is 11.9. The molecule has 2 aliphatic rings. The standard InChI is InChI=1S/C28H29ClN6O3S/c1-19(36)32-20-9-13-33(14-10-20)24-16-22(35-12-3-2-4-27(35)37)5-6-23(24)34-15-11-30-21(18-34)17-31-28(38)25-7-8-26(29)39-25/h2-8,11-12,16,18,20H,9-10,13-15,17H2,1H3,(H,31,38)(H,32,36). The van der Waals surface area contributed by atoms with Gasteiger partial charge in [-0.25, -0.2) is 0 Å². The number of anilines is 2. The van der Waals surface area contributed by atoms with Crippen LogP contribution in [-0.2, 0) is 4.79 Å². The lowest BCUT2D eigenvalue weighted by molar-refractivity contribution is -0.119. The highest BCUT2D eigenvalue weighted by Crippen LogP contribution is 2.34. The lowest BCUT2D eigenvalue weighted by Gasteiger charge is -2.37. The fraction of sp³-hybridized carbons (Fsp3) is 0.286. The Bertz CT molecular complexity index is 1490. The van der Waals surface area contributed by atoms with E-state index in [2.05, 4.69) is 25.4 Å². The fourth-order valence-electron chi connectivity index (χ4n) is 4.82. The van der Waals surface area contributed by atoms with Gasteiger partial charge in [0, 0.05) is 50.7 Å². The second-order valence-corrected chi connectivity index (χ2v) is 11.1. The van der Waals surface area contributed by atoms with Gasteiger partial charge in [0.2, 0.25) is 5.91 Å². The van der Waals surface area contributed by atoms with Gasteiger partial charge >= 0.3 is 0 Å². The predicted octanol–water partition coefficient (Wildman–Crippen LogP) is 3.82. The molecule has 202 valence electrons. The minimum absolute atomic E-state index is 0.0147. The summed E-state index contributed by atoms with van der Waals surface area (Å²) in [5.74, 6) is -0.209. The summed E-state index contributed by atoms with van der Waals surface area (Å²) in [6.07, 6.45) is 7.19.